The molecule has 1 unspecified atom stereocenters. The zero-order valence-corrected chi connectivity index (χ0v) is 9.49. The molecule has 0 bridgehead atoms. The highest BCUT2D eigenvalue weighted by Gasteiger charge is 2.12. The van der Waals surface area contributed by atoms with Crippen LogP contribution in [-0.4, -0.2) is 15.3 Å². The van der Waals surface area contributed by atoms with Gasteiger partial charge in [0.2, 0.25) is 0 Å². The summed E-state index contributed by atoms with van der Waals surface area (Å²) in [5.74, 6) is -0.370. The standard InChI is InChI=1S/C14H13FO3/c15-12-6-4-9(5-7-12)13(16)10-2-1-3-11(8-10)14(17)18/h1-8,13-14,16-18H. The van der Waals surface area contributed by atoms with Crippen molar-refractivity contribution in [2.24, 2.45) is 0 Å². The van der Waals surface area contributed by atoms with Crippen molar-refractivity contribution in [2.75, 3.05) is 0 Å². The molecule has 0 spiro atoms. The van der Waals surface area contributed by atoms with Crippen molar-refractivity contribution in [3.63, 3.8) is 0 Å². The molecule has 2 aromatic carbocycles. The van der Waals surface area contributed by atoms with Crippen molar-refractivity contribution in [1.29, 1.82) is 0 Å². The highest BCUT2D eigenvalue weighted by atomic mass is 19.1. The maximum atomic E-state index is 12.8. The molecule has 0 amide bonds. The lowest BCUT2D eigenvalue weighted by Crippen LogP contribution is -2.02. The molecule has 0 radical (unpaired) electrons. The van der Waals surface area contributed by atoms with Gasteiger partial charge in [0.15, 0.2) is 6.29 Å². The number of halogens is 1. The minimum Gasteiger partial charge on any atom is -0.384 e. The predicted octanol–water partition coefficient (Wildman–Crippen LogP) is 1.89. The monoisotopic (exact) mass is 248 g/mol. The van der Waals surface area contributed by atoms with E-state index in [-0.39, 0.29) is 5.82 Å². The van der Waals surface area contributed by atoms with Gasteiger partial charge in [0, 0.05) is 5.56 Å². The fraction of sp³-hybridized carbons (Fsp3) is 0.143. The first-order chi connectivity index (χ1) is 8.58. The number of aliphatic hydroxyl groups excluding tert-OH is 2. The molecule has 2 rings (SSSR count). The molecule has 0 saturated heterocycles. The SMILES string of the molecule is OC(O)c1cccc(C(O)c2ccc(F)cc2)c1. The van der Waals surface area contributed by atoms with Crippen LogP contribution in [-0.2, 0) is 0 Å². The second kappa shape index (κ2) is 5.27. The summed E-state index contributed by atoms with van der Waals surface area (Å²) < 4.78 is 12.8. The van der Waals surface area contributed by atoms with Gasteiger partial charge in [-0.25, -0.2) is 4.39 Å². The molecular formula is C14H13FO3. The van der Waals surface area contributed by atoms with Gasteiger partial charge in [-0.3, -0.25) is 0 Å². The molecule has 3 nitrogen and oxygen atoms in total. The molecule has 0 aliphatic heterocycles. The molecule has 18 heavy (non-hydrogen) atoms. The molecule has 0 aliphatic rings. The van der Waals surface area contributed by atoms with E-state index in [1.807, 2.05) is 0 Å². The van der Waals surface area contributed by atoms with Crippen LogP contribution in [0.3, 0.4) is 0 Å². The lowest BCUT2D eigenvalue weighted by atomic mass is 9.99. The largest absolute Gasteiger partial charge is 0.384 e. The average molecular weight is 248 g/mol. The summed E-state index contributed by atoms with van der Waals surface area (Å²) in [4.78, 5) is 0. The predicted molar refractivity (Wildman–Crippen MR) is 64.1 cm³/mol. The van der Waals surface area contributed by atoms with Gasteiger partial charge in [0.25, 0.3) is 0 Å². The van der Waals surface area contributed by atoms with Gasteiger partial charge in [0.05, 0.1) is 0 Å². The maximum absolute atomic E-state index is 12.8. The van der Waals surface area contributed by atoms with Gasteiger partial charge in [-0.1, -0.05) is 30.3 Å². The average Bonchev–Trinajstić information content (AvgIpc) is 2.39. The summed E-state index contributed by atoms with van der Waals surface area (Å²) in [5, 5.41) is 28.2. The molecule has 1 atom stereocenters. The van der Waals surface area contributed by atoms with Crippen molar-refractivity contribution in [3.8, 4) is 0 Å². The van der Waals surface area contributed by atoms with Gasteiger partial charge in [0.1, 0.15) is 11.9 Å². The van der Waals surface area contributed by atoms with Gasteiger partial charge in [-0.2, -0.15) is 0 Å². The number of benzene rings is 2. The summed E-state index contributed by atoms with van der Waals surface area (Å²) >= 11 is 0. The molecule has 2 aromatic rings. The fourth-order valence-corrected chi connectivity index (χ4v) is 1.73. The Hall–Kier alpha value is -1.75. The summed E-state index contributed by atoms with van der Waals surface area (Å²) in [5.41, 5.74) is 1.36. The van der Waals surface area contributed by atoms with Crippen LogP contribution in [0.4, 0.5) is 4.39 Å². The number of rotatable bonds is 3. The Morgan fingerprint density at radius 2 is 1.39 bits per heavy atom. The van der Waals surface area contributed by atoms with E-state index in [1.165, 1.54) is 30.3 Å². The van der Waals surface area contributed by atoms with Crippen LogP contribution in [0, 0.1) is 5.82 Å². The lowest BCUT2D eigenvalue weighted by molar-refractivity contribution is -0.0425. The third kappa shape index (κ3) is 2.73. The minimum atomic E-state index is -1.58. The van der Waals surface area contributed by atoms with Crippen LogP contribution in [0.15, 0.2) is 48.5 Å². The molecule has 0 aliphatic carbocycles. The molecule has 0 saturated carbocycles. The van der Waals surface area contributed by atoms with Crippen LogP contribution in [0.25, 0.3) is 0 Å². The molecule has 3 N–H and O–H groups in total. The second-order valence-corrected chi connectivity index (χ2v) is 4.00. The molecular weight excluding hydrogens is 235 g/mol. The van der Waals surface area contributed by atoms with E-state index in [9.17, 15) is 9.50 Å². The smallest absolute Gasteiger partial charge is 0.178 e. The number of aliphatic hydroxyl groups is 3. The molecule has 0 fully saturated rings. The van der Waals surface area contributed by atoms with Crippen LogP contribution in [0.2, 0.25) is 0 Å². The third-order valence-corrected chi connectivity index (χ3v) is 2.71. The first-order valence-corrected chi connectivity index (χ1v) is 5.47. The van der Waals surface area contributed by atoms with Crippen molar-refractivity contribution in [2.45, 2.75) is 12.4 Å². The Labute approximate surface area is 104 Å². The van der Waals surface area contributed by atoms with Gasteiger partial charge >= 0.3 is 0 Å². The Bertz CT molecular complexity index is 523. The second-order valence-electron chi connectivity index (χ2n) is 4.00. The third-order valence-electron chi connectivity index (χ3n) is 2.71. The summed E-state index contributed by atoms with van der Waals surface area (Å²) in [6.07, 6.45) is -2.50. The zero-order chi connectivity index (χ0) is 13.1. The van der Waals surface area contributed by atoms with Crippen molar-refractivity contribution >= 4 is 0 Å². The van der Waals surface area contributed by atoms with Crippen molar-refractivity contribution < 1.29 is 19.7 Å². The first-order valence-electron chi connectivity index (χ1n) is 5.47. The highest BCUT2D eigenvalue weighted by Crippen LogP contribution is 2.24. The molecule has 0 heterocycles. The van der Waals surface area contributed by atoms with E-state index in [2.05, 4.69) is 0 Å². The fourth-order valence-electron chi connectivity index (χ4n) is 1.73. The lowest BCUT2D eigenvalue weighted by Gasteiger charge is -2.13. The number of hydrogen-bond acceptors (Lipinski definition) is 3. The molecule has 94 valence electrons. The number of hydrogen-bond donors (Lipinski definition) is 3. The van der Waals surface area contributed by atoms with Gasteiger partial charge < -0.3 is 15.3 Å². The zero-order valence-electron chi connectivity index (χ0n) is 9.49. The van der Waals surface area contributed by atoms with E-state index in [4.69, 9.17) is 10.2 Å². The van der Waals surface area contributed by atoms with Crippen LogP contribution < -0.4 is 0 Å². The van der Waals surface area contributed by atoms with Crippen LogP contribution in [0.5, 0.6) is 0 Å². The van der Waals surface area contributed by atoms with Crippen LogP contribution >= 0.6 is 0 Å². The van der Waals surface area contributed by atoms with E-state index in [0.717, 1.165) is 0 Å². The Kier molecular flexibility index (Phi) is 3.72. The Balaban J connectivity index is 2.30. The van der Waals surface area contributed by atoms with Crippen molar-refractivity contribution in [1.82, 2.24) is 0 Å². The van der Waals surface area contributed by atoms with Gasteiger partial charge in [-0.05, 0) is 29.3 Å². The summed E-state index contributed by atoms with van der Waals surface area (Å²) in [6, 6.07) is 11.8. The first kappa shape index (κ1) is 12.7. The topological polar surface area (TPSA) is 60.7 Å². The molecule has 4 heteroatoms. The van der Waals surface area contributed by atoms with Gasteiger partial charge in [-0.15, -0.1) is 0 Å². The van der Waals surface area contributed by atoms with Crippen LogP contribution in [0.1, 0.15) is 29.1 Å². The van der Waals surface area contributed by atoms with E-state index in [1.54, 1.807) is 18.2 Å². The molecule has 0 aromatic heterocycles. The van der Waals surface area contributed by atoms with E-state index < -0.39 is 12.4 Å². The van der Waals surface area contributed by atoms with E-state index >= 15 is 0 Å². The Morgan fingerprint density at radius 1 is 0.778 bits per heavy atom. The minimum absolute atomic E-state index is 0.300. The summed E-state index contributed by atoms with van der Waals surface area (Å²) in [6.45, 7) is 0. The quantitative estimate of drug-likeness (QED) is 0.727. The maximum Gasteiger partial charge on any atom is 0.178 e. The normalized spacial score (nSPS) is 12.7. The van der Waals surface area contributed by atoms with Crippen molar-refractivity contribution in [3.05, 3.63) is 71.0 Å². The Morgan fingerprint density at radius 3 is 2.00 bits per heavy atom. The van der Waals surface area contributed by atoms with E-state index in [0.29, 0.717) is 16.7 Å². The highest BCUT2D eigenvalue weighted by molar-refractivity contribution is 5.33. The summed E-state index contributed by atoms with van der Waals surface area (Å²) in [7, 11) is 0.